The average Bonchev–Trinajstić information content (AvgIpc) is 2.48. The number of hydrogen-bond acceptors (Lipinski definition) is 5. The second-order valence-corrected chi connectivity index (χ2v) is 7.53. The van der Waals surface area contributed by atoms with Gasteiger partial charge in [0.05, 0.1) is 18.0 Å². The monoisotopic (exact) mass is 358 g/mol. The third-order valence-electron chi connectivity index (χ3n) is 3.03. The van der Waals surface area contributed by atoms with Crippen molar-refractivity contribution in [1.29, 1.82) is 0 Å². The smallest absolute Gasteiger partial charge is 0.240 e. The molecule has 0 heterocycles. The molecule has 0 saturated heterocycles. The Bertz CT molecular complexity index is 614. The van der Waals surface area contributed by atoms with Crippen LogP contribution in [0.25, 0.3) is 0 Å². The van der Waals surface area contributed by atoms with Crippen molar-refractivity contribution in [3.63, 3.8) is 0 Å². The van der Waals surface area contributed by atoms with E-state index >= 15 is 0 Å². The molecule has 0 aliphatic rings. The summed E-state index contributed by atoms with van der Waals surface area (Å²) in [7, 11) is -1.99. The number of anilines is 1. The van der Waals surface area contributed by atoms with Gasteiger partial charge in [-0.15, -0.1) is 0 Å². The van der Waals surface area contributed by atoms with E-state index in [1.807, 2.05) is 13.8 Å². The first-order valence-electron chi connectivity index (χ1n) is 7.74. The normalized spacial score (nSPS) is 11.4. The van der Waals surface area contributed by atoms with E-state index < -0.39 is 10.0 Å². The lowest BCUT2D eigenvalue weighted by Crippen LogP contribution is -2.40. The summed E-state index contributed by atoms with van der Waals surface area (Å²) >= 11 is 0. The molecule has 0 atom stereocenters. The highest BCUT2D eigenvalue weighted by molar-refractivity contribution is 7.92. The van der Waals surface area contributed by atoms with E-state index in [1.54, 1.807) is 31.4 Å². The Labute approximate surface area is 144 Å². The van der Waals surface area contributed by atoms with Crippen molar-refractivity contribution in [2.24, 2.45) is 0 Å². The van der Waals surface area contributed by atoms with Crippen LogP contribution in [0.15, 0.2) is 24.3 Å². The second kappa shape index (κ2) is 9.48. The van der Waals surface area contributed by atoms with Crippen molar-refractivity contribution >= 4 is 21.6 Å². The first-order chi connectivity index (χ1) is 11.2. The van der Waals surface area contributed by atoms with Crippen LogP contribution in [0.2, 0.25) is 0 Å². The highest BCUT2D eigenvalue weighted by Crippen LogP contribution is 2.22. The molecule has 1 aromatic carbocycles. The van der Waals surface area contributed by atoms with Gasteiger partial charge in [0.15, 0.2) is 0 Å². The molecule has 0 aromatic heterocycles. The number of sulfonamides is 1. The molecule has 0 aliphatic heterocycles. The first kappa shape index (κ1) is 20.2. The maximum Gasteiger partial charge on any atom is 0.240 e. The number of hydrogen-bond donors (Lipinski definition) is 1. The van der Waals surface area contributed by atoms with Crippen molar-refractivity contribution < 1.29 is 22.7 Å². The molecule has 1 amide bonds. The molecule has 0 spiro atoms. The van der Waals surface area contributed by atoms with Crippen molar-refractivity contribution in [2.75, 3.05) is 37.4 Å². The highest BCUT2D eigenvalue weighted by atomic mass is 32.2. The van der Waals surface area contributed by atoms with E-state index in [4.69, 9.17) is 9.47 Å². The summed E-state index contributed by atoms with van der Waals surface area (Å²) in [6.07, 6.45) is 1.77. The van der Waals surface area contributed by atoms with Crippen LogP contribution >= 0.6 is 0 Å². The summed E-state index contributed by atoms with van der Waals surface area (Å²) in [5, 5.41) is 2.68. The van der Waals surface area contributed by atoms with Gasteiger partial charge in [-0.1, -0.05) is 0 Å². The van der Waals surface area contributed by atoms with Gasteiger partial charge in [-0.2, -0.15) is 0 Å². The predicted octanol–water partition coefficient (Wildman–Crippen LogP) is 1.39. The number of nitrogens with one attached hydrogen (secondary N) is 1. The number of ether oxygens (including phenoxy) is 2. The maximum absolute atomic E-state index is 12.0. The summed E-state index contributed by atoms with van der Waals surface area (Å²) in [5.41, 5.74) is 0.417. The standard InChI is InChI=1S/C16H26N2O5S/c1-13(2)23-15-8-6-14(7-9-15)18(24(4,20)21)12-16(19)17-10-5-11-22-3/h6-9,13H,5,10-12H2,1-4H3,(H,17,19). The topological polar surface area (TPSA) is 84.9 Å². The summed E-state index contributed by atoms with van der Waals surface area (Å²) in [6, 6.07) is 6.61. The largest absolute Gasteiger partial charge is 0.491 e. The number of nitrogens with zero attached hydrogens (tertiary/aromatic N) is 1. The minimum atomic E-state index is -3.58. The van der Waals surface area contributed by atoms with Crippen molar-refractivity contribution in [3.8, 4) is 5.75 Å². The van der Waals surface area contributed by atoms with Gasteiger partial charge in [0.1, 0.15) is 12.3 Å². The van der Waals surface area contributed by atoms with E-state index in [9.17, 15) is 13.2 Å². The van der Waals surface area contributed by atoms with Gasteiger partial charge in [0, 0.05) is 20.3 Å². The fourth-order valence-electron chi connectivity index (χ4n) is 1.99. The van der Waals surface area contributed by atoms with Crippen LogP contribution in [-0.2, 0) is 19.6 Å². The van der Waals surface area contributed by atoms with Gasteiger partial charge in [0.25, 0.3) is 0 Å². The molecule has 1 aromatic rings. The summed E-state index contributed by atoms with van der Waals surface area (Å²) in [4.78, 5) is 12.0. The van der Waals surface area contributed by atoms with Gasteiger partial charge in [-0.3, -0.25) is 9.10 Å². The Kier molecular flexibility index (Phi) is 8.00. The van der Waals surface area contributed by atoms with E-state index in [0.29, 0.717) is 31.0 Å². The number of carbonyl (C=O) groups is 1. The number of amides is 1. The molecule has 0 aliphatic carbocycles. The summed E-state index contributed by atoms with van der Waals surface area (Å²) in [5.74, 6) is 0.283. The SMILES string of the molecule is COCCCNC(=O)CN(c1ccc(OC(C)C)cc1)S(C)(=O)=O. The quantitative estimate of drug-likeness (QED) is 0.639. The van der Waals surface area contributed by atoms with E-state index in [1.165, 1.54) is 0 Å². The minimum Gasteiger partial charge on any atom is -0.491 e. The number of methoxy groups -OCH3 is 1. The van der Waals surface area contributed by atoms with Gasteiger partial charge in [0.2, 0.25) is 15.9 Å². The number of carbonyl (C=O) groups excluding carboxylic acids is 1. The molecule has 0 fully saturated rings. The van der Waals surface area contributed by atoms with E-state index in [0.717, 1.165) is 10.6 Å². The third kappa shape index (κ3) is 7.18. The van der Waals surface area contributed by atoms with Crippen LogP contribution < -0.4 is 14.4 Å². The zero-order chi connectivity index (χ0) is 18.2. The molecule has 1 N–H and O–H groups in total. The first-order valence-corrected chi connectivity index (χ1v) is 9.59. The minimum absolute atomic E-state index is 0.0275. The van der Waals surface area contributed by atoms with Crippen LogP contribution in [0.3, 0.4) is 0 Å². The molecular weight excluding hydrogens is 332 g/mol. The predicted molar refractivity (Wildman–Crippen MR) is 93.9 cm³/mol. The second-order valence-electron chi connectivity index (χ2n) is 5.63. The Balaban J connectivity index is 2.77. The Hall–Kier alpha value is -1.80. The summed E-state index contributed by atoms with van der Waals surface area (Å²) in [6.45, 7) is 4.52. The lowest BCUT2D eigenvalue weighted by atomic mass is 10.3. The average molecular weight is 358 g/mol. The number of benzene rings is 1. The van der Waals surface area contributed by atoms with Crippen LogP contribution in [-0.4, -0.2) is 53.5 Å². The zero-order valence-corrected chi connectivity index (χ0v) is 15.4. The molecule has 8 heteroatoms. The molecule has 0 unspecified atom stereocenters. The fraction of sp³-hybridized carbons (Fsp3) is 0.562. The third-order valence-corrected chi connectivity index (χ3v) is 4.17. The lowest BCUT2D eigenvalue weighted by molar-refractivity contribution is -0.119. The number of rotatable bonds is 10. The zero-order valence-electron chi connectivity index (χ0n) is 14.6. The molecule has 0 radical (unpaired) electrons. The maximum atomic E-state index is 12.0. The lowest BCUT2D eigenvalue weighted by Gasteiger charge is -2.22. The van der Waals surface area contributed by atoms with Crippen LogP contribution in [0.5, 0.6) is 5.75 Å². The molecule has 1 rings (SSSR count). The van der Waals surface area contributed by atoms with Crippen LogP contribution in [0, 0.1) is 0 Å². The van der Waals surface area contributed by atoms with Crippen molar-refractivity contribution in [1.82, 2.24) is 5.32 Å². The summed E-state index contributed by atoms with van der Waals surface area (Å²) < 4.78 is 35.5. The Morgan fingerprint density at radius 2 is 1.88 bits per heavy atom. The van der Waals surface area contributed by atoms with Crippen molar-refractivity contribution in [3.05, 3.63) is 24.3 Å². The van der Waals surface area contributed by atoms with Crippen LogP contribution in [0.1, 0.15) is 20.3 Å². The van der Waals surface area contributed by atoms with Gasteiger partial charge < -0.3 is 14.8 Å². The molecule has 0 saturated carbocycles. The fourth-order valence-corrected chi connectivity index (χ4v) is 2.85. The molecular formula is C16H26N2O5S. The van der Waals surface area contributed by atoms with Crippen LogP contribution in [0.4, 0.5) is 5.69 Å². The molecule has 24 heavy (non-hydrogen) atoms. The van der Waals surface area contributed by atoms with Gasteiger partial charge >= 0.3 is 0 Å². The van der Waals surface area contributed by atoms with Gasteiger partial charge in [-0.25, -0.2) is 8.42 Å². The Morgan fingerprint density at radius 3 is 2.38 bits per heavy atom. The van der Waals surface area contributed by atoms with Crippen molar-refractivity contribution in [2.45, 2.75) is 26.4 Å². The highest BCUT2D eigenvalue weighted by Gasteiger charge is 2.20. The van der Waals surface area contributed by atoms with E-state index in [-0.39, 0.29) is 18.6 Å². The molecule has 0 bridgehead atoms. The molecule has 136 valence electrons. The van der Waals surface area contributed by atoms with E-state index in [2.05, 4.69) is 5.32 Å². The molecule has 7 nitrogen and oxygen atoms in total. The van der Waals surface area contributed by atoms with Gasteiger partial charge in [-0.05, 0) is 44.5 Å². The Morgan fingerprint density at radius 1 is 1.25 bits per heavy atom.